The second-order valence-electron chi connectivity index (χ2n) is 6.73. The maximum atomic E-state index is 12.3. The van der Waals surface area contributed by atoms with Crippen LogP contribution in [-0.2, 0) is 11.3 Å². The Morgan fingerprint density at radius 3 is 2.70 bits per heavy atom. The third-order valence-corrected chi connectivity index (χ3v) is 4.84. The van der Waals surface area contributed by atoms with Crippen LogP contribution < -0.4 is 10.6 Å². The van der Waals surface area contributed by atoms with E-state index in [-0.39, 0.29) is 0 Å². The van der Waals surface area contributed by atoms with E-state index in [9.17, 15) is 4.79 Å². The first kappa shape index (κ1) is 19.4. The standard InChI is InChI=1S/C20H26N4O2S/c1-2-26-19(25)17-14-24(13-15-9-5-3-6-10-15)23-18(17)22-20(27)21-16-11-7-4-8-12-16/h3,5-6,9-10,14,16H,2,4,7-8,11-13H2,1H3,(H2,21,22,23,27). The number of nitrogens with one attached hydrogen (secondary N) is 2. The summed E-state index contributed by atoms with van der Waals surface area (Å²) in [7, 11) is 0. The summed E-state index contributed by atoms with van der Waals surface area (Å²) in [5.74, 6) is 0.0254. The van der Waals surface area contributed by atoms with E-state index >= 15 is 0 Å². The van der Waals surface area contributed by atoms with E-state index in [0.717, 1.165) is 18.4 Å². The minimum atomic E-state index is -0.403. The fraction of sp³-hybridized carbons (Fsp3) is 0.450. The molecule has 1 fully saturated rings. The molecule has 1 heterocycles. The number of carbonyl (C=O) groups excluding carboxylic acids is 1. The molecule has 6 nitrogen and oxygen atoms in total. The molecule has 1 aliphatic carbocycles. The molecular weight excluding hydrogens is 360 g/mol. The number of aromatic nitrogens is 2. The van der Waals surface area contributed by atoms with E-state index in [2.05, 4.69) is 15.7 Å². The largest absolute Gasteiger partial charge is 0.462 e. The summed E-state index contributed by atoms with van der Waals surface area (Å²) in [4.78, 5) is 12.3. The number of hydrogen-bond donors (Lipinski definition) is 2. The first-order valence-corrected chi connectivity index (χ1v) is 9.92. The van der Waals surface area contributed by atoms with Crippen molar-refractivity contribution in [1.29, 1.82) is 0 Å². The molecule has 27 heavy (non-hydrogen) atoms. The molecule has 0 spiro atoms. The number of ether oxygens (including phenoxy) is 1. The van der Waals surface area contributed by atoms with E-state index in [0.29, 0.717) is 35.7 Å². The fourth-order valence-corrected chi connectivity index (χ4v) is 3.56. The normalized spacial score (nSPS) is 14.6. The predicted octanol–water partition coefficient (Wildman–Crippen LogP) is 3.73. The lowest BCUT2D eigenvalue weighted by atomic mass is 9.96. The summed E-state index contributed by atoms with van der Waals surface area (Å²) in [6.07, 6.45) is 7.68. The van der Waals surface area contributed by atoms with Gasteiger partial charge in [0.05, 0.1) is 13.2 Å². The highest BCUT2D eigenvalue weighted by molar-refractivity contribution is 7.80. The zero-order valence-electron chi connectivity index (χ0n) is 15.6. The van der Waals surface area contributed by atoms with Crippen LogP contribution >= 0.6 is 12.2 Å². The molecule has 144 valence electrons. The molecule has 0 aliphatic heterocycles. The molecule has 2 N–H and O–H groups in total. The van der Waals surface area contributed by atoms with Gasteiger partial charge >= 0.3 is 5.97 Å². The summed E-state index contributed by atoms with van der Waals surface area (Å²) in [5, 5.41) is 11.5. The van der Waals surface area contributed by atoms with Gasteiger partial charge in [-0.05, 0) is 37.5 Å². The van der Waals surface area contributed by atoms with Crippen LogP contribution in [0.15, 0.2) is 36.5 Å². The number of thiocarbonyl (C=S) groups is 1. The van der Waals surface area contributed by atoms with E-state index < -0.39 is 5.97 Å². The van der Waals surface area contributed by atoms with Crippen molar-refractivity contribution in [2.75, 3.05) is 11.9 Å². The third-order valence-electron chi connectivity index (χ3n) is 4.62. The molecule has 0 atom stereocenters. The van der Waals surface area contributed by atoms with Crippen molar-refractivity contribution in [2.45, 2.75) is 51.6 Å². The van der Waals surface area contributed by atoms with Crippen LogP contribution in [0.3, 0.4) is 0 Å². The Labute approximate surface area is 165 Å². The molecule has 1 aliphatic rings. The van der Waals surface area contributed by atoms with Crippen molar-refractivity contribution in [3.05, 3.63) is 47.7 Å². The van der Waals surface area contributed by atoms with Crippen molar-refractivity contribution in [2.24, 2.45) is 0 Å². The fourth-order valence-electron chi connectivity index (χ4n) is 3.30. The number of anilines is 1. The summed E-state index contributed by atoms with van der Waals surface area (Å²) in [6.45, 7) is 2.67. The highest BCUT2D eigenvalue weighted by atomic mass is 32.1. The van der Waals surface area contributed by atoms with Gasteiger partial charge in [-0.25, -0.2) is 4.79 Å². The number of rotatable bonds is 6. The summed E-state index contributed by atoms with van der Waals surface area (Å²) in [5.41, 5.74) is 1.49. The monoisotopic (exact) mass is 386 g/mol. The Hall–Kier alpha value is -2.41. The van der Waals surface area contributed by atoms with Gasteiger partial charge in [-0.3, -0.25) is 4.68 Å². The quantitative estimate of drug-likeness (QED) is 0.582. The van der Waals surface area contributed by atoms with Gasteiger partial charge in [0.25, 0.3) is 0 Å². The van der Waals surface area contributed by atoms with Gasteiger partial charge in [0.1, 0.15) is 5.56 Å². The number of esters is 1. The van der Waals surface area contributed by atoms with Crippen molar-refractivity contribution >= 4 is 29.1 Å². The van der Waals surface area contributed by atoms with Gasteiger partial charge < -0.3 is 15.4 Å². The lowest BCUT2D eigenvalue weighted by Crippen LogP contribution is -2.39. The Bertz CT molecular complexity index is 770. The molecule has 0 amide bonds. The molecule has 1 aromatic heterocycles. The van der Waals surface area contributed by atoms with Crippen LogP contribution in [0.25, 0.3) is 0 Å². The van der Waals surface area contributed by atoms with Crippen LogP contribution in [0.4, 0.5) is 5.82 Å². The van der Waals surface area contributed by atoms with Crippen molar-refractivity contribution in [1.82, 2.24) is 15.1 Å². The molecule has 1 saturated carbocycles. The lowest BCUT2D eigenvalue weighted by Gasteiger charge is -2.24. The van der Waals surface area contributed by atoms with Crippen LogP contribution in [-0.4, -0.2) is 33.5 Å². The maximum Gasteiger partial charge on any atom is 0.343 e. The summed E-state index contributed by atoms with van der Waals surface area (Å²) < 4.78 is 6.90. The Morgan fingerprint density at radius 2 is 2.00 bits per heavy atom. The highest BCUT2D eigenvalue weighted by Gasteiger charge is 2.20. The SMILES string of the molecule is CCOC(=O)c1cn(Cc2ccccc2)nc1NC(=S)NC1CCCCC1. The average Bonchev–Trinajstić information content (AvgIpc) is 3.05. The van der Waals surface area contributed by atoms with E-state index in [4.69, 9.17) is 17.0 Å². The molecule has 0 bridgehead atoms. The minimum Gasteiger partial charge on any atom is -0.462 e. The van der Waals surface area contributed by atoms with Crippen LogP contribution in [0.2, 0.25) is 0 Å². The van der Waals surface area contributed by atoms with Gasteiger partial charge in [0.2, 0.25) is 0 Å². The first-order valence-electron chi connectivity index (χ1n) is 9.51. The van der Waals surface area contributed by atoms with E-state index in [1.165, 1.54) is 19.3 Å². The maximum absolute atomic E-state index is 12.3. The van der Waals surface area contributed by atoms with Gasteiger partial charge in [-0.2, -0.15) is 5.10 Å². The van der Waals surface area contributed by atoms with Gasteiger partial charge in [-0.1, -0.05) is 49.6 Å². The molecule has 2 aromatic rings. The van der Waals surface area contributed by atoms with Crippen molar-refractivity contribution in [3.63, 3.8) is 0 Å². The Morgan fingerprint density at radius 1 is 1.26 bits per heavy atom. The molecule has 1 aromatic carbocycles. The first-order chi connectivity index (χ1) is 13.2. The second-order valence-corrected chi connectivity index (χ2v) is 7.14. The van der Waals surface area contributed by atoms with E-state index in [1.807, 2.05) is 30.3 Å². The zero-order valence-corrected chi connectivity index (χ0v) is 16.4. The zero-order chi connectivity index (χ0) is 19.1. The molecule has 0 saturated heterocycles. The van der Waals surface area contributed by atoms with Gasteiger partial charge in [0, 0.05) is 12.2 Å². The lowest BCUT2D eigenvalue weighted by molar-refractivity contribution is 0.0527. The molecule has 3 rings (SSSR count). The van der Waals surface area contributed by atoms with E-state index in [1.54, 1.807) is 17.8 Å². The smallest absolute Gasteiger partial charge is 0.343 e. The van der Waals surface area contributed by atoms with Crippen molar-refractivity contribution < 1.29 is 9.53 Å². The second kappa shape index (κ2) is 9.50. The van der Waals surface area contributed by atoms with Crippen molar-refractivity contribution in [3.8, 4) is 0 Å². The number of hydrogen-bond acceptors (Lipinski definition) is 4. The Kier molecular flexibility index (Phi) is 6.81. The highest BCUT2D eigenvalue weighted by Crippen LogP contribution is 2.19. The number of nitrogens with zero attached hydrogens (tertiary/aromatic N) is 2. The summed E-state index contributed by atoms with van der Waals surface area (Å²) >= 11 is 5.44. The number of carbonyl (C=O) groups is 1. The molecule has 7 heteroatoms. The van der Waals surface area contributed by atoms with Gasteiger partial charge in [0.15, 0.2) is 10.9 Å². The van der Waals surface area contributed by atoms with Crippen LogP contribution in [0.5, 0.6) is 0 Å². The topological polar surface area (TPSA) is 68.2 Å². The molecular formula is C20H26N4O2S. The predicted molar refractivity (Wildman–Crippen MR) is 110 cm³/mol. The number of benzene rings is 1. The summed E-state index contributed by atoms with van der Waals surface area (Å²) in [6, 6.07) is 10.4. The average molecular weight is 387 g/mol. The Balaban J connectivity index is 1.72. The van der Waals surface area contributed by atoms with Gasteiger partial charge in [-0.15, -0.1) is 0 Å². The van der Waals surface area contributed by atoms with Crippen LogP contribution in [0.1, 0.15) is 54.9 Å². The minimum absolute atomic E-state index is 0.312. The third kappa shape index (κ3) is 5.53. The van der Waals surface area contributed by atoms with Crippen LogP contribution in [0, 0.1) is 0 Å². The molecule has 0 radical (unpaired) electrons. The molecule has 0 unspecified atom stereocenters.